The van der Waals surface area contributed by atoms with Crippen molar-refractivity contribution < 1.29 is 19.1 Å². The number of amides is 1. The third-order valence-electron chi connectivity index (χ3n) is 4.56. The van der Waals surface area contributed by atoms with Gasteiger partial charge in [-0.2, -0.15) is 0 Å². The van der Waals surface area contributed by atoms with Crippen LogP contribution in [0.5, 0.6) is 5.75 Å². The summed E-state index contributed by atoms with van der Waals surface area (Å²) < 4.78 is 10.4. The first kappa shape index (κ1) is 19.4. The molecule has 1 aliphatic rings. The van der Waals surface area contributed by atoms with E-state index in [1.807, 2.05) is 24.0 Å². The van der Waals surface area contributed by atoms with E-state index >= 15 is 0 Å². The normalized spacial score (nSPS) is 14.8. The van der Waals surface area contributed by atoms with Gasteiger partial charge < -0.3 is 14.4 Å². The highest BCUT2D eigenvalue weighted by molar-refractivity contribution is 7.13. The highest BCUT2D eigenvalue weighted by Crippen LogP contribution is 2.18. The number of esters is 1. The molecule has 0 radical (unpaired) electrons. The van der Waals surface area contributed by atoms with Crippen LogP contribution in [0.4, 0.5) is 0 Å². The summed E-state index contributed by atoms with van der Waals surface area (Å²) in [4.78, 5) is 30.1. The lowest BCUT2D eigenvalue weighted by molar-refractivity contribution is 0.0599. The van der Waals surface area contributed by atoms with Gasteiger partial charge in [0, 0.05) is 37.6 Å². The highest BCUT2D eigenvalue weighted by atomic mass is 32.1. The Labute approximate surface area is 163 Å². The molecule has 7 heteroatoms. The molecule has 0 bridgehead atoms. The summed E-state index contributed by atoms with van der Waals surface area (Å²) in [5, 5.41) is 0. The molecule has 2 aromatic rings. The molecule has 0 atom stereocenters. The summed E-state index contributed by atoms with van der Waals surface area (Å²) in [7, 11) is 1.36. The Kier molecular flexibility index (Phi) is 6.47. The molecule has 6 nitrogen and oxygen atoms in total. The maximum absolute atomic E-state index is 12.5. The van der Waals surface area contributed by atoms with Gasteiger partial charge in [-0.1, -0.05) is 0 Å². The zero-order valence-corrected chi connectivity index (χ0v) is 16.5. The van der Waals surface area contributed by atoms with Crippen LogP contribution in [0.25, 0.3) is 0 Å². The fraction of sp³-hybridized carbons (Fsp3) is 0.400. The first-order valence-corrected chi connectivity index (χ1v) is 9.77. The topological polar surface area (TPSA) is 59.1 Å². The summed E-state index contributed by atoms with van der Waals surface area (Å²) >= 11 is 1.55. The van der Waals surface area contributed by atoms with Crippen LogP contribution in [-0.2, 0) is 4.74 Å². The second-order valence-electron chi connectivity index (χ2n) is 6.41. The third kappa shape index (κ3) is 5.08. The van der Waals surface area contributed by atoms with Gasteiger partial charge in [-0.25, -0.2) is 4.79 Å². The number of thiophene rings is 1. The maximum Gasteiger partial charge on any atom is 0.337 e. The molecule has 1 saturated heterocycles. The fourth-order valence-corrected chi connectivity index (χ4v) is 3.81. The molecule has 1 aromatic carbocycles. The first-order chi connectivity index (χ1) is 13.1. The molecule has 0 saturated carbocycles. The summed E-state index contributed by atoms with van der Waals surface area (Å²) in [6.07, 6.45) is 0. The Balaban J connectivity index is 1.39. The van der Waals surface area contributed by atoms with Crippen molar-refractivity contribution in [1.29, 1.82) is 0 Å². The maximum atomic E-state index is 12.5. The molecule has 27 heavy (non-hydrogen) atoms. The number of methoxy groups -OCH3 is 1. The number of nitrogens with zero attached hydrogens (tertiary/aromatic N) is 2. The van der Waals surface area contributed by atoms with Crippen LogP contribution >= 0.6 is 11.3 Å². The fourth-order valence-electron chi connectivity index (χ4n) is 2.98. The van der Waals surface area contributed by atoms with E-state index in [-0.39, 0.29) is 11.9 Å². The second-order valence-corrected chi connectivity index (χ2v) is 7.70. The molecule has 144 valence electrons. The molecule has 3 rings (SSSR count). The number of aryl methyl sites for hydroxylation is 1. The number of hydrogen-bond acceptors (Lipinski definition) is 6. The SMILES string of the molecule is COC(=O)c1ccc(OCCN2CCN(C(=O)c3ccc(C)s3)CC2)cc1. The predicted molar refractivity (Wildman–Crippen MR) is 105 cm³/mol. The average molecular weight is 388 g/mol. The van der Waals surface area contributed by atoms with E-state index in [1.54, 1.807) is 35.6 Å². The Morgan fingerprint density at radius 3 is 2.33 bits per heavy atom. The van der Waals surface area contributed by atoms with Crippen molar-refractivity contribution in [2.45, 2.75) is 6.92 Å². The summed E-state index contributed by atoms with van der Waals surface area (Å²) in [6, 6.07) is 10.8. The number of ether oxygens (including phenoxy) is 2. The minimum atomic E-state index is -0.355. The molecule has 0 aliphatic carbocycles. The molecule has 0 spiro atoms. The monoisotopic (exact) mass is 388 g/mol. The van der Waals surface area contributed by atoms with Gasteiger partial charge in [0.25, 0.3) is 5.91 Å². The van der Waals surface area contributed by atoms with Crippen LogP contribution in [0, 0.1) is 6.92 Å². The number of benzene rings is 1. The highest BCUT2D eigenvalue weighted by Gasteiger charge is 2.22. The van der Waals surface area contributed by atoms with Gasteiger partial charge in [-0.15, -0.1) is 11.3 Å². The van der Waals surface area contributed by atoms with E-state index in [0.717, 1.165) is 48.2 Å². The molecule has 1 fully saturated rings. The lowest BCUT2D eigenvalue weighted by Crippen LogP contribution is -2.49. The van der Waals surface area contributed by atoms with E-state index in [2.05, 4.69) is 9.64 Å². The number of hydrogen-bond donors (Lipinski definition) is 0. The van der Waals surface area contributed by atoms with Crippen LogP contribution in [0.1, 0.15) is 24.9 Å². The Hall–Kier alpha value is -2.38. The van der Waals surface area contributed by atoms with Crippen molar-refractivity contribution in [3.05, 3.63) is 51.7 Å². The van der Waals surface area contributed by atoms with Gasteiger partial charge in [0.15, 0.2) is 0 Å². The lowest BCUT2D eigenvalue weighted by Gasteiger charge is -2.34. The number of rotatable bonds is 6. The zero-order chi connectivity index (χ0) is 19.2. The largest absolute Gasteiger partial charge is 0.492 e. The Bertz CT molecular complexity index is 780. The predicted octanol–water partition coefficient (Wildman–Crippen LogP) is 2.68. The van der Waals surface area contributed by atoms with Crippen LogP contribution in [0.3, 0.4) is 0 Å². The first-order valence-electron chi connectivity index (χ1n) is 8.96. The van der Waals surface area contributed by atoms with E-state index in [1.165, 1.54) is 7.11 Å². The minimum Gasteiger partial charge on any atom is -0.492 e. The van der Waals surface area contributed by atoms with Crippen molar-refractivity contribution >= 4 is 23.2 Å². The smallest absolute Gasteiger partial charge is 0.337 e. The minimum absolute atomic E-state index is 0.134. The number of carbonyl (C=O) groups is 2. The summed E-state index contributed by atoms with van der Waals surface area (Å²) in [5.41, 5.74) is 0.506. The number of carbonyl (C=O) groups excluding carboxylic acids is 2. The van der Waals surface area contributed by atoms with Gasteiger partial charge in [0.1, 0.15) is 12.4 Å². The summed E-state index contributed by atoms with van der Waals surface area (Å²) in [5.74, 6) is 0.505. The second kappa shape index (κ2) is 9.01. The van der Waals surface area contributed by atoms with Crippen molar-refractivity contribution in [2.75, 3.05) is 46.4 Å². The van der Waals surface area contributed by atoms with E-state index in [4.69, 9.17) is 4.74 Å². The van der Waals surface area contributed by atoms with Gasteiger partial charge in [-0.05, 0) is 43.3 Å². The van der Waals surface area contributed by atoms with Crippen molar-refractivity contribution in [1.82, 2.24) is 9.80 Å². The molecular weight excluding hydrogens is 364 g/mol. The van der Waals surface area contributed by atoms with E-state index in [0.29, 0.717) is 12.2 Å². The quantitative estimate of drug-likeness (QED) is 0.712. The number of piperazine rings is 1. The van der Waals surface area contributed by atoms with Crippen molar-refractivity contribution in [2.24, 2.45) is 0 Å². The standard InChI is InChI=1S/C20H24N2O4S/c1-15-3-8-18(27-15)19(23)22-11-9-21(10-12-22)13-14-26-17-6-4-16(5-7-17)20(24)25-2/h3-8H,9-14H2,1-2H3. The Morgan fingerprint density at radius 1 is 1.04 bits per heavy atom. The van der Waals surface area contributed by atoms with Crippen LogP contribution in [-0.4, -0.2) is 68.1 Å². The zero-order valence-electron chi connectivity index (χ0n) is 15.6. The van der Waals surface area contributed by atoms with Crippen molar-refractivity contribution in [3.8, 4) is 5.75 Å². The molecule has 1 amide bonds. The molecule has 2 heterocycles. The molecule has 1 aliphatic heterocycles. The summed E-state index contributed by atoms with van der Waals surface area (Å²) in [6.45, 7) is 6.56. The average Bonchev–Trinajstić information content (AvgIpc) is 3.14. The van der Waals surface area contributed by atoms with Gasteiger partial charge in [0.05, 0.1) is 17.6 Å². The molecular formula is C20H24N2O4S. The van der Waals surface area contributed by atoms with Gasteiger partial charge in [-0.3, -0.25) is 9.69 Å². The third-order valence-corrected chi connectivity index (χ3v) is 5.55. The van der Waals surface area contributed by atoms with E-state index in [9.17, 15) is 9.59 Å². The molecule has 0 unspecified atom stereocenters. The van der Waals surface area contributed by atoms with E-state index < -0.39 is 0 Å². The lowest BCUT2D eigenvalue weighted by atomic mass is 10.2. The van der Waals surface area contributed by atoms with Crippen molar-refractivity contribution in [3.63, 3.8) is 0 Å². The van der Waals surface area contributed by atoms with Gasteiger partial charge >= 0.3 is 5.97 Å². The van der Waals surface area contributed by atoms with Crippen LogP contribution in [0.2, 0.25) is 0 Å². The van der Waals surface area contributed by atoms with Crippen LogP contribution < -0.4 is 4.74 Å². The molecule has 0 N–H and O–H groups in total. The van der Waals surface area contributed by atoms with Crippen LogP contribution in [0.15, 0.2) is 36.4 Å². The Morgan fingerprint density at radius 2 is 1.74 bits per heavy atom. The molecule has 1 aromatic heterocycles. The van der Waals surface area contributed by atoms with Gasteiger partial charge in [0.2, 0.25) is 0 Å².